The van der Waals surface area contributed by atoms with Gasteiger partial charge in [-0.05, 0) is 35.9 Å². The van der Waals surface area contributed by atoms with E-state index in [0.717, 1.165) is 10.5 Å². The number of hydrogen-bond acceptors (Lipinski definition) is 4. The molecule has 0 aromatic heterocycles. The Bertz CT molecular complexity index is 943. The van der Waals surface area contributed by atoms with Crippen molar-refractivity contribution in [3.05, 3.63) is 63.3 Å². The van der Waals surface area contributed by atoms with Crippen LogP contribution in [-0.4, -0.2) is 31.0 Å². The van der Waals surface area contributed by atoms with E-state index < -0.39 is 11.9 Å². The zero-order valence-corrected chi connectivity index (χ0v) is 16.1. The Morgan fingerprint density at radius 3 is 2.52 bits per heavy atom. The number of nitrogens with one attached hydrogen (secondary N) is 1. The fraction of sp³-hybridized carbons (Fsp3) is 0.158. The Morgan fingerprint density at radius 2 is 1.89 bits per heavy atom. The Labute approximate surface area is 166 Å². The summed E-state index contributed by atoms with van der Waals surface area (Å²) in [7, 11) is 2.93. The van der Waals surface area contributed by atoms with Crippen molar-refractivity contribution in [1.29, 1.82) is 0 Å². The summed E-state index contributed by atoms with van der Waals surface area (Å²) in [6.45, 7) is 0.242. The van der Waals surface area contributed by atoms with Gasteiger partial charge in [0, 0.05) is 22.7 Å². The van der Waals surface area contributed by atoms with Gasteiger partial charge in [0.05, 0.1) is 7.11 Å². The molecule has 2 aromatic rings. The minimum atomic E-state index is -0.460. The maximum atomic E-state index is 12.0. The molecule has 0 radical (unpaired) electrons. The number of ether oxygens (including phenoxy) is 2. The topological polar surface area (TPSA) is 67.9 Å². The fourth-order valence-corrected chi connectivity index (χ4v) is 2.94. The van der Waals surface area contributed by atoms with Gasteiger partial charge in [0.25, 0.3) is 5.91 Å². The summed E-state index contributed by atoms with van der Waals surface area (Å²) in [5.41, 5.74) is 1.67. The van der Waals surface area contributed by atoms with E-state index in [1.54, 1.807) is 42.5 Å². The first-order valence-electron chi connectivity index (χ1n) is 7.94. The average molecular weight is 407 g/mol. The van der Waals surface area contributed by atoms with Crippen LogP contribution in [0.25, 0.3) is 6.08 Å². The van der Waals surface area contributed by atoms with E-state index >= 15 is 0 Å². The predicted molar refractivity (Wildman–Crippen MR) is 103 cm³/mol. The van der Waals surface area contributed by atoms with E-state index in [9.17, 15) is 9.59 Å². The molecule has 1 fully saturated rings. The third kappa shape index (κ3) is 4.18. The molecule has 3 amide bonds. The van der Waals surface area contributed by atoms with Crippen LogP contribution in [0.3, 0.4) is 0 Å². The molecule has 0 unspecified atom stereocenters. The van der Waals surface area contributed by atoms with E-state index in [-0.39, 0.29) is 12.3 Å². The zero-order valence-electron chi connectivity index (χ0n) is 14.6. The number of imide groups is 1. The van der Waals surface area contributed by atoms with Crippen LogP contribution < -0.4 is 14.8 Å². The molecule has 140 valence electrons. The number of rotatable bonds is 5. The molecule has 8 heteroatoms. The van der Waals surface area contributed by atoms with Crippen molar-refractivity contribution in [2.75, 3.05) is 14.2 Å². The van der Waals surface area contributed by atoms with Crippen LogP contribution in [-0.2, 0) is 11.4 Å². The molecule has 1 heterocycles. The van der Waals surface area contributed by atoms with Gasteiger partial charge in [-0.1, -0.05) is 35.3 Å². The molecule has 0 spiro atoms. The van der Waals surface area contributed by atoms with Crippen LogP contribution in [0.4, 0.5) is 4.79 Å². The highest BCUT2D eigenvalue weighted by Crippen LogP contribution is 2.31. The molecule has 0 atom stereocenters. The first-order valence-corrected chi connectivity index (χ1v) is 8.70. The van der Waals surface area contributed by atoms with Crippen molar-refractivity contribution in [3.63, 3.8) is 0 Å². The molecule has 2 aromatic carbocycles. The molecule has 0 aliphatic carbocycles. The molecule has 3 rings (SSSR count). The fourth-order valence-electron chi connectivity index (χ4n) is 2.48. The van der Waals surface area contributed by atoms with Gasteiger partial charge in [0.2, 0.25) is 0 Å². The number of carbonyl (C=O) groups is 2. The molecule has 6 nitrogen and oxygen atoms in total. The van der Waals surface area contributed by atoms with Gasteiger partial charge in [0.1, 0.15) is 12.3 Å². The van der Waals surface area contributed by atoms with Crippen LogP contribution in [0.1, 0.15) is 11.1 Å². The van der Waals surface area contributed by atoms with Crippen molar-refractivity contribution >= 4 is 41.2 Å². The lowest BCUT2D eigenvalue weighted by atomic mass is 10.1. The SMILES string of the molecule is COc1cc(/C=C2/NC(=O)N(C)C2=O)ccc1OCc1ccc(Cl)cc1Cl. The molecule has 1 saturated heterocycles. The summed E-state index contributed by atoms with van der Waals surface area (Å²) in [6, 6.07) is 9.91. The van der Waals surface area contributed by atoms with Crippen LogP contribution in [0.5, 0.6) is 11.5 Å². The lowest BCUT2D eigenvalue weighted by molar-refractivity contribution is -0.121. The Morgan fingerprint density at radius 1 is 1.11 bits per heavy atom. The summed E-state index contributed by atoms with van der Waals surface area (Å²) < 4.78 is 11.2. The number of benzene rings is 2. The summed E-state index contributed by atoms with van der Waals surface area (Å²) in [4.78, 5) is 24.5. The molecule has 1 aliphatic rings. The summed E-state index contributed by atoms with van der Waals surface area (Å²) in [6.07, 6.45) is 1.58. The largest absolute Gasteiger partial charge is 0.493 e. The van der Waals surface area contributed by atoms with Crippen molar-refractivity contribution in [3.8, 4) is 11.5 Å². The van der Waals surface area contributed by atoms with Crippen molar-refractivity contribution < 1.29 is 19.1 Å². The van der Waals surface area contributed by atoms with E-state index in [0.29, 0.717) is 27.1 Å². The number of methoxy groups -OCH3 is 1. The van der Waals surface area contributed by atoms with E-state index in [2.05, 4.69) is 5.32 Å². The van der Waals surface area contributed by atoms with Gasteiger partial charge in [0.15, 0.2) is 11.5 Å². The molecule has 0 bridgehead atoms. The quantitative estimate of drug-likeness (QED) is 0.599. The van der Waals surface area contributed by atoms with Crippen molar-refractivity contribution in [2.24, 2.45) is 0 Å². The molecule has 0 saturated carbocycles. The van der Waals surface area contributed by atoms with Crippen LogP contribution in [0.2, 0.25) is 10.0 Å². The zero-order chi connectivity index (χ0) is 19.6. The number of hydrogen-bond donors (Lipinski definition) is 1. The van der Waals surface area contributed by atoms with E-state index in [1.807, 2.05) is 0 Å². The number of halogens is 2. The number of amides is 3. The number of nitrogens with zero attached hydrogens (tertiary/aromatic N) is 1. The third-order valence-corrected chi connectivity index (χ3v) is 4.57. The van der Waals surface area contributed by atoms with Gasteiger partial charge < -0.3 is 14.8 Å². The monoisotopic (exact) mass is 406 g/mol. The van der Waals surface area contributed by atoms with Crippen molar-refractivity contribution in [2.45, 2.75) is 6.61 Å². The van der Waals surface area contributed by atoms with Gasteiger partial charge in [-0.25, -0.2) is 4.79 Å². The molecular formula is C19H16Cl2N2O4. The lowest BCUT2D eigenvalue weighted by Gasteiger charge is -2.12. The highest BCUT2D eigenvalue weighted by atomic mass is 35.5. The summed E-state index contributed by atoms with van der Waals surface area (Å²) >= 11 is 12.0. The first kappa shape index (κ1) is 19.1. The smallest absolute Gasteiger partial charge is 0.328 e. The highest BCUT2D eigenvalue weighted by Gasteiger charge is 2.29. The second kappa shape index (κ2) is 7.90. The Hall–Kier alpha value is -2.70. The summed E-state index contributed by atoms with van der Waals surface area (Å²) in [5, 5.41) is 3.58. The number of likely N-dealkylation sites (N-methyl/N-ethyl adjacent to an activating group) is 1. The van der Waals surface area contributed by atoms with Gasteiger partial charge in [-0.15, -0.1) is 0 Å². The Kier molecular flexibility index (Phi) is 5.58. The maximum absolute atomic E-state index is 12.0. The predicted octanol–water partition coefficient (Wildman–Crippen LogP) is 4.10. The van der Waals surface area contributed by atoms with Crippen LogP contribution in [0.15, 0.2) is 42.1 Å². The van der Waals surface area contributed by atoms with Crippen molar-refractivity contribution in [1.82, 2.24) is 10.2 Å². The van der Waals surface area contributed by atoms with Gasteiger partial charge >= 0.3 is 6.03 Å². The maximum Gasteiger partial charge on any atom is 0.328 e. The van der Waals surface area contributed by atoms with Gasteiger partial charge in [-0.2, -0.15) is 0 Å². The van der Waals surface area contributed by atoms with E-state index in [1.165, 1.54) is 14.2 Å². The number of urea groups is 1. The average Bonchev–Trinajstić information content (AvgIpc) is 2.88. The standard InChI is InChI=1S/C19H16Cl2N2O4/c1-23-18(24)15(22-19(23)25)7-11-3-6-16(17(8-11)26-2)27-10-12-4-5-13(20)9-14(12)21/h3-9H,10H2,1-2H3,(H,22,25)/b15-7+. The Balaban J connectivity index is 1.78. The summed E-state index contributed by atoms with van der Waals surface area (Å²) in [5.74, 6) is 0.612. The lowest BCUT2D eigenvalue weighted by Crippen LogP contribution is -2.25. The minimum absolute atomic E-state index is 0.200. The highest BCUT2D eigenvalue weighted by molar-refractivity contribution is 6.35. The molecule has 27 heavy (non-hydrogen) atoms. The van der Waals surface area contributed by atoms with Gasteiger partial charge in [-0.3, -0.25) is 9.69 Å². The molecule has 1 aliphatic heterocycles. The van der Waals surface area contributed by atoms with E-state index in [4.69, 9.17) is 32.7 Å². The number of carbonyl (C=O) groups excluding carboxylic acids is 2. The first-order chi connectivity index (χ1) is 12.9. The van der Waals surface area contributed by atoms with Crippen LogP contribution >= 0.6 is 23.2 Å². The molecule has 1 N–H and O–H groups in total. The molecular weight excluding hydrogens is 391 g/mol. The second-order valence-corrected chi connectivity index (χ2v) is 6.63. The minimum Gasteiger partial charge on any atom is -0.493 e. The van der Waals surface area contributed by atoms with Crippen LogP contribution in [0, 0.1) is 0 Å². The third-order valence-electron chi connectivity index (χ3n) is 3.98. The second-order valence-electron chi connectivity index (χ2n) is 5.79. The normalized spacial score (nSPS) is 15.3.